The van der Waals surface area contributed by atoms with E-state index < -0.39 is 0 Å². The second-order valence-electron chi connectivity index (χ2n) is 7.12. The number of carbonyl (C=O) groups excluding carboxylic acids is 1. The predicted molar refractivity (Wildman–Crippen MR) is 118 cm³/mol. The van der Waals surface area contributed by atoms with Gasteiger partial charge in [-0.3, -0.25) is 4.79 Å². The van der Waals surface area contributed by atoms with Gasteiger partial charge in [0.2, 0.25) is 5.91 Å². The molecule has 0 saturated heterocycles. The van der Waals surface area contributed by atoms with Gasteiger partial charge in [-0.15, -0.1) is 11.8 Å². The maximum absolute atomic E-state index is 12.5. The summed E-state index contributed by atoms with van der Waals surface area (Å²) in [7, 11) is 0. The van der Waals surface area contributed by atoms with Crippen molar-refractivity contribution >= 4 is 23.5 Å². The molecule has 1 N–H and O–H groups in total. The van der Waals surface area contributed by atoms with Crippen molar-refractivity contribution in [2.45, 2.75) is 26.0 Å². The van der Waals surface area contributed by atoms with Crippen molar-refractivity contribution in [1.82, 2.24) is 19.7 Å². The Morgan fingerprint density at radius 1 is 1.23 bits per heavy atom. The number of benzene rings is 1. The zero-order chi connectivity index (χ0) is 21.3. The number of hydrogen-bond acceptors (Lipinski definition) is 6. The molecule has 1 atom stereocenters. The SMILES string of the molecule is C=CCOc1ccc(C2SCC(=O)Nc3c2c(C)nn3-c2nc(C)cc(C)n2)cc1. The molecule has 1 unspecified atom stereocenters. The van der Waals surface area contributed by atoms with Crippen LogP contribution in [0.25, 0.3) is 5.95 Å². The van der Waals surface area contributed by atoms with E-state index in [1.807, 2.05) is 51.1 Å². The third-order valence-corrected chi connectivity index (χ3v) is 5.99. The maximum Gasteiger partial charge on any atom is 0.252 e. The Morgan fingerprint density at radius 2 is 1.93 bits per heavy atom. The Kier molecular flexibility index (Phi) is 5.59. The fraction of sp³-hybridized carbons (Fsp3) is 0.273. The number of thioether (sulfide) groups is 1. The topological polar surface area (TPSA) is 81.9 Å². The van der Waals surface area contributed by atoms with E-state index in [1.165, 1.54) is 0 Å². The van der Waals surface area contributed by atoms with Gasteiger partial charge in [0.05, 0.1) is 16.7 Å². The van der Waals surface area contributed by atoms with Crippen molar-refractivity contribution in [3.8, 4) is 11.7 Å². The van der Waals surface area contributed by atoms with Gasteiger partial charge < -0.3 is 10.1 Å². The number of nitrogens with zero attached hydrogens (tertiary/aromatic N) is 4. The second kappa shape index (κ2) is 8.31. The molecule has 0 saturated carbocycles. The molecule has 1 aliphatic rings. The van der Waals surface area contributed by atoms with Gasteiger partial charge in [-0.05, 0) is 44.5 Å². The third kappa shape index (κ3) is 3.95. The van der Waals surface area contributed by atoms with Crippen LogP contribution in [-0.4, -0.2) is 38.0 Å². The lowest BCUT2D eigenvalue weighted by Gasteiger charge is -2.16. The minimum atomic E-state index is -0.0692. The Hall–Kier alpha value is -3.13. The summed E-state index contributed by atoms with van der Waals surface area (Å²) in [6, 6.07) is 9.84. The van der Waals surface area contributed by atoms with Crippen LogP contribution >= 0.6 is 11.8 Å². The molecule has 1 amide bonds. The van der Waals surface area contributed by atoms with Crippen LogP contribution < -0.4 is 10.1 Å². The average Bonchev–Trinajstić information content (AvgIpc) is 2.92. The van der Waals surface area contributed by atoms with E-state index in [0.29, 0.717) is 24.1 Å². The molecular formula is C22H23N5O2S. The standard InChI is InChI=1S/C22H23N5O2S/c1-5-10-29-17-8-6-16(7-9-17)20-19-15(4)26-27(21(19)25-18(28)12-30-20)22-23-13(2)11-14(3)24-22/h5-9,11,20H,1,10,12H2,2-4H3,(H,25,28). The molecular weight excluding hydrogens is 398 g/mol. The summed E-state index contributed by atoms with van der Waals surface area (Å²) in [4.78, 5) is 21.5. The summed E-state index contributed by atoms with van der Waals surface area (Å²) < 4.78 is 7.23. The summed E-state index contributed by atoms with van der Waals surface area (Å²) in [5, 5.41) is 7.65. The van der Waals surface area contributed by atoms with Crippen LogP contribution in [0.5, 0.6) is 5.75 Å². The summed E-state index contributed by atoms with van der Waals surface area (Å²) in [6.45, 7) is 9.91. The Balaban J connectivity index is 1.79. The summed E-state index contributed by atoms with van der Waals surface area (Å²) in [5.41, 5.74) is 4.57. The lowest BCUT2D eigenvalue weighted by atomic mass is 10.0. The lowest BCUT2D eigenvalue weighted by Crippen LogP contribution is -2.17. The molecule has 8 heteroatoms. The molecule has 0 aliphatic carbocycles. The van der Waals surface area contributed by atoms with E-state index >= 15 is 0 Å². The molecule has 3 aromatic rings. The first kappa shape index (κ1) is 20.2. The molecule has 154 valence electrons. The van der Waals surface area contributed by atoms with E-state index in [0.717, 1.165) is 34.0 Å². The highest BCUT2D eigenvalue weighted by Crippen LogP contribution is 2.43. The normalized spacial score (nSPS) is 15.8. The fourth-order valence-corrected chi connectivity index (χ4v) is 4.68. The number of ether oxygens (including phenoxy) is 1. The Labute approximate surface area is 179 Å². The third-order valence-electron chi connectivity index (χ3n) is 4.72. The fourth-order valence-electron chi connectivity index (χ4n) is 3.49. The van der Waals surface area contributed by atoms with E-state index in [4.69, 9.17) is 4.74 Å². The molecule has 0 spiro atoms. The molecule has 30 heavy (non-hydrogen) atoms. The van der Waals surface area contributed by atoms with Crippen molar-refractivity contribution in [2.75, 3.05) is 17.7 Å². The molecule has 0 bridgehead atoms. The van der Waals surface area contributed by atoms with Gasteiger partial charge in [0, 0.05) is 17.0 Å². The highest BCUT2D eigenvalue weighted by atomic mass is 32.2. The second-order valence-corrected chi connectivity index (χ2v) is 8.21. The monoisotopic (exact) mass is 421 g/mol. The van der Waals surface area contributed by atoms with E-state index in [2.05, 4.69) is 27.0 Å². The number of hydrogen-bond donors (Lipinski definition) is 1. The van der Waals surface area contributed by atoms with Crippen LogP contribution in [-0.2, 0) is 4.79 Å². The highest BCUT2D eigenvalue weighted by Gasteiger charge is 2.31. The van der Waals surface area contributed by atoms with Gasteiger partial charge in [0.25, 0.3) is 5.95 Å². The number of fused-ring (bicyclic) bond motifs is 1. The number of amides is 1. The number of aromatic nitrogens is 4. The van der Waals surface area contributed by atoms with Crippen molar-refractivity contribution in [3.05, 3.63) is 71.2 Å². The van der Waals surface area contributed by atoms with Gasteiger partial charge >= 0.3 is 0 Å². The summed E-state index contributed by atoms with van der Waals surface area (Å²) >= 11 is 1.58. The first-order valence-corrected chi connectivity index (χ1v) is 10.7. The molecule has 3 heterocycles. The highest BCUT2D eigenvalue weighted by molar-refractivity contribution is 8.00. The van der Waals surface area contributed by atoms with Crippen molar-refractivity contribution in [3.63, 3.8) is 0 Å². The smallest absolute Gasteiger partial charge is 0.252 e. The van der Waals surface area contributed by atoms with Gasteiger partial charge in [-0.25, -0.2) is 9.97 Å². The molecule has 0 radical (unpaired) electrons. The van der Waals surface area contributed by atoms with Crippen LogP contribution in [0.4, 0.5) is 5.82 Å². The van der Waals surface area contributed by atoms with E-state index in [-0.39, 0.29) is 11.2 Å². The Morgan fingerprint density at radius 3 is 2.60 bits per heavy atom. The number of nitrogens with one attached hydrogen (secondary N) is 1. The lowest BCUT2D eigenvalue weighted by molar-refractivity contribution is -0.113. The zero-order valence-corrected chi connectivity index (χ0v) is 18.0. The Bertz CT molecular complexity index is 1090. The zero-order valence-electron chi connectivity index (χ0n) is 17.2. The minimum Gasteiger partial charge on any atom is -0.490 e. The molecule has 1 aromatic carbocycles. The van der Waals surface area contributed by atoms with Gasteiger partial charge in [-0.2, -0.15) is 9.78 Å². The average molecular weight is 422 g/mol. The molecule has 7 nitrogen and oxygen atoms in total. The molecule has 2 aromatic heterocycles. The predicted octanol–water partition coefficient (Wildman–Crippen LogP) is 3.93. The largest absolute Gasteiger partial charge is 0.490 e. The van der Waals surface area contributed by atoms with Crippen LogP contribution in [0, 0.1) is 20.8 Å². The quantitative estimate of drug-likeness (QED) is 0.629. The molecule has 1 aliphatic heterocycles. The number of anilines is 1. The van der Waals surface area contributed by atoms with Gasteiger partial charge in [-0.1, -0.05) is 24.8 Å². The van der Waals surface area contributed by atoms with Crippen molar-refractivity contribution in [1.29, 1.82) is 0 Å². The van der Waals surface area contributed by atoms with E-state index in [9.17, 15) is 4.79 Å². The number of carbonyl (C=O) groups is 1. The van der Waals surface area contributed by atoms with Crippen LogP contribution in [0.15, 0.2) is 43.0 Å². The molecule has 0 fully saturated rings. The summed E-state index contributed by atoms with van der Waals surface area (Å²) in [5.74, 6) is 2.14. The van der Waals surface area contributed by atoms with E-state index in [1.54, 1.807) is 22.5 Å². The number of rotatable bonds is 5. The van der Waals surface area contributed by atoms with Crippen LogP contribution in [0.1, 0.15) is 33.5 Å². The summed E-state index contributed by atoms with van der Waals surface area (Å²) in [6.07, 6.45) is 1.71. The molecule has 4 rings (SSSR count). The van der Waals surface area contributed by atoms with Crippen LogP contribution in [0.2, 0.25) is 0 Å². The first-order valence-electron chi connectivity index (χ1n) is 9.63. The van der Waals surface area contributed by atoms with Crippen molar-refractivity contribution < 1.29 is 9.53 Å². The maximum atomic E-state index is 12.5. The van der Waals surface area contributed by atoms with Gasteiger partial charge in [0.1, 0.15) is 18.2 Å². The first-order chi connectivity index (χ1) is 14.5. The van der Waals surface area contributed by atoms with Crippen molar-refractivity contribution in [2.24, 2.45) is 0 Å². The van der Waals surface area contributed by atoms with Gasteiger partial charge in [0.15, 0.2) is 0 Å². The van der Waals surface area contributed by atoms with Crippen LogP contribution in [0.3, 0.4) is 0 Å². The minimum absolute atomic E-state index is 0.0490. The number of aryl methyl sites for hydroxylation is 3.